The number of nitrogens with zero attached hydrogens (tertiary/aromatic N) is 2. The van der Waals surface area contributed by atoms with Crippen LogP contribution >= 0.6 is 0 Å². The van der Waals surface area contributed by atoms with Crippen LogP contribution in [0, 0.1) is 0 Å². The van der Waals surface area contributed by atoms with Crippen molar-refractivity contribution in [3.8, 4) is 0 Å². The van der Waals surface area contributed by atoms with E-state index in [1.54, 1.807) is 6.33 Å². The molecule has 0 unspecified atom stereocenters. The average molecular weight is 206 g/mol. The standard InChI is InChI=1S/C13H22N2/c1-8(2)11-12(9(3)4)14-7-15-13(11)10(5)6/h7-10H,1-6H3. The molecular formula is C13H22N2. The molecule has 0 saturated heterocycles. The Morgan fingerprint density at radius 2 is 1.13 bits per heavy atom. The molecule has 0 aromatic carbocycles. The van der Waals surface area contributed by atoms with Gasteiger partial charge in [-0.15, -0.1) is 0 Å². The fourth-order valence-corrected chi connectivity index (χ4v) is 1.94. The molecule has 0 aliphatic carbocycles. The largest absolute Gasteiger partial charge is 0.241 e. The van der Waals surface area contributed by atoms with Crippen LogP contribution in [-0.2, 0) is 0 Å². The highest BCUT2D eigenvalue weighted by atomic mass is 14.9. The molecule has 0 saturated carbocycles. The third-order valence-corrected chi connectivity index (χ3v) is 2.62. The number of aromatic nitrogens is 2. The third-order valence-electron chi connectivity index (χ3n) is 2.62. The smallest absolute Gasteiger partial charge is 0.115 e. The van der Waals surface area contributed by atoms with E-state index in [0.29, 0.717) is 17.8 Å². The molecule has 2 nitrogen and oxygen atoms in total. The van der Waals surface area contributed by atoms with Gasteiger partial charge in [-0.25, -0.2) is 9.97 Å². The van der Waals surface area contributed by atoms with Crippen molar-refractivity contribution < 1.29 is 0 Å². The van der Waals surface area contributed by atoms with Crippen molar-refractivity contribution in [3.05, 3.63) is 23.3 Å². The van der Waals surface area contributed by atoms with Crippen molar-refractivity contribution in [2.75, 3.05) is 0 Å². The minimum Gasteiger partial charge on any atom is -0.241 e. The van der Waals surface area contributed by atoms with Gasteiger partial charge in [0, 0.05) is 0 Å². The molecule has 0 fully saturated rings. The van der Waals surface area contributed by atoms with Gasteiger partial charge < -0.3 is 0 Å². The Bertz CT molecular complexity index is 301. The summed E-state index contributed by atoms with van der Waals surface area (Å²) in [5, 5.41) is 0. The van der Waals surface area contributed by atoms with E-state index in [-0.39, 0.29) is 0 Å². The number of rotatable bonds is 3. The molecule has 0 atom stereocenters. The van der Waals surface area contributed by atoms with Crippen molar-refractivity contribution in [2.45, 2.75) is 59.3 Å². The molecule has 0 bridgehead atoms. The van der Waals surface area contributed by atoms with E-state index in [1.807, 2.05) is 0 Å². The lowest BCUT2D eigenvalue weighted by atomic mass is 9.90. The van der Waals surface area contributed by atoms with Crippen LogP contribution in [-0.4, -0.2) is 9.97 Å². The summed E-state index contributed by atoms with van der Waals surface area (Å²) in [6.07, 6.45) is 1.70. The Labute approximate surface area is 93.2 Å². The van der Waals surface area contributed by atoms with E-state index < -0.39 is 0 Å². The van der Waals surface area contributed by atoms with Crippen molar-refractivity contribution in [3.63, 3.8) is 0 Å². The fourth-order valence-electron chi connectivity index (χ4n) is 1.94. The minimum atomic E-state index is 0.475. The van der Waals surface area contributed by atoms with Gasteiger partial charge in [0.1, 0.15) is 6.33 Å². The van der Waals surface area contributed by atoms with Gasteiger partial charge in [0.15, 0.2) is 0 Å². The van der Waals surface area contributed by atoms with E-state index in [2.05, 4.69) is 51.5 Å². The fraction of sp³-hybridized carbons (Fsp3) is 0.692. The minimum absolute atomic E-state index is 0.475. The molecule has 1 aromatic rings. The van der Waals surface area contributed by atoms with Gasteiger partial charge in [-0.2, -0.15) is 0 Å². The SMILES string of the molecule is CC(C)c1ncnc(C(C)C)c1C(C)C. The van der Waals surface area contributed by atoms with Crippen LogP contribution in [0.1, 0.15) is 76.2 Å². The highest BCUT2D eigenvalue weighted by molar-refractivity contribution is 5.31. The second-order valence-corrected chi connectivity index (χ2v) is 5.02. The number of hydrogen-bond acceptors (Lipinski definition) is 2. The molecular weight excluding hydrogens is 184 g/mol. The van der Waals surface area contributed by atoms with Crippen LogP contribution in [0.5, 0.6) is 0 Å². The zero-order valence-corrected chi connectivity index (χ0v) is 10.7. The molecule has 0 N–H and O–H groups in total. The topological polar surface area (TPSA) is 25.8 Å². The predicted octanol–water partition coefficient (Wildman–Crippen LogP) is 3.85. The van der Waals surface area contributed by atoms with Crippen molar-refractivity contribution in [1.82, 2.24) is 9.97 Å². The van der Waals surface area contributed by atoms with Gasteiger partial charge in [0.2, 0.25) is 0 Å². The molecule has 0 spiro atoms. The Morgan fingerprint density at radius 3 is 1.40 bits per heavy atom. The summed E-state index contributed by atoms with van der Waals surface area (Å²) in [4.78, 5) is 8.86. The molecule has 2 heteroatoms. The summed E-state index contributed by atoms with van der Waals surface area (Å²) >= 11 is 0. The Kier molecular flexibility index (Phi) is 3.83. The first-order valence-corrected chi connectivity index (χ1v) is 5.79. The Hall–Kier alpha value is -0.920. The molecule has 84 valence electrons. The van der Waals surface area contributed by atoms with Gasteiger partial charge >= 0.3 is 0 Å². The van der Waals surface area contributed by atoms with E-state index in [4.69, 9.17) is 0 Å². The maximum Gasteiger partial charge on any atom is 0.115 e. The molecule has 1 heterocycles. The summed E-state index contributed by atoms with van der Waals surface area (Å²) in [5.74, 6) is 1.45. The second-order valence-electron chi connectivity index (χ2n) is 5.02. The van der Waals surface area contributed by atoms with E-state index in [9.17, 15) is 0 Å². The van der Waals surface area contributed by atoms with E-state index in [0.717, 1.165) is 0 Å². The van der Waals surface area contributed by atoms with E-state index >= 15 is 0 Å². The quantitative estimate of drug-likeness (QED) is 0.750. The predicted molar refractivity (Wildman–Crippen MR) is 64.3 cm³/mol. The lowest BCUT2D eigenvalue weighted by Crippen LogP contribution is -2.09. The lowest BCUT2D eigenvalue weighted by Gasteiger charge is -2.19. The van der Waals surface area contributed by atoms with Gasteiger partial charge in [-0.3, -0.25) is 0 Å². The summed E-state index contributed by atoms with van der Waals surface area (Å²) in [5.41, 5.74) is 3.77. The maximum absolute atomic E-state index is 4.43. The first-order chi connectivity index (χ1) is 6.95. The maximum atomic E-state index is 4.43. The molecule has 1 rings (SSSR count). The van der Waals surface area contributed by atoms with Crippen molar-refractivity contribution in [1.29, 1.82) is 0 Å². The Morgan fingerprint density at radius 1 is 0.733 bits per heavy atom. The normalized spacial score (nSPS) is 11.8. The zero-order valence-electron chi connectivity index (χ0n) is 10.7. The summed E-state index contributed by atoms with van der Waals surface area (Å²) in [6.45, 7) is 13.2. The average Bonchev–Trinajstić information content (AvgIpc) is 2.16. The van der Waals surface area contributed by atoms with Gasteiger partial charge in [-0.1, -0.05) is 41.5 Å². The van der Waals surface area contributed by atoms with Crippen LogP contribution in [0.25, 0.3) is 0 Å². The Balaban J connectivity index is 3.35. The highest BCUT2D eigenvalue weighted by Gasteiger charge is 2.18. The first-order valence-electron chi connectivity index (χ1n) is 5.79. The summed E-state index contributed by atoms with van der Waals surface area (Å²) < 4.78 is 0. The molecule has 0 amide bonds. The molecule has 15 heavy (non-hydrogen) atoms. The van der Waals surface area contributed by atoms with Crippen molar-refractivity contribution in [2.24, 2.45) is 0 Å². The summed E-state index contributed by atoms with van der Waals surface area (Å²) in [6, 6.07) is 0. The van der Waals surface area contributed by atoms with Gasteiger partial charge in [-0.05, 0) is 23.3 Å². The molecule has 1 aromatic heterocycles. The highest BCUT2D eigenvalue weighted by Crippen LogP contribution is 2.29. The van der Waals surface area contributed by atoms with Gasteiger partial charge in [0.25, 0.3) is 0 Å². The number of hydrogen-bond donors (Lipinski definition) is 0. The van der Waals surface area contributed by atoms with Crippen LogP contribution in [0.4, 0.5) is 0 Å². The molecule has 0 aliphatic rings. The third kappa shape index (κ3) is 2.55. The van der Waals surface area contributed by atoms with Crippen molar-refractivity contribution >= 4 is 0 Å². The van der Waals surface area contributed by atoms with Crippen LogP contribution in [0.2, 0.25) is 0 Å². The van der Waals surface area contributed by atoms with E-state index in [1.165, 1.54) is 17.0 Å². The van der Waals surface area contributed by atoms with Crippen LogP contribution in [0.3, 0.4) is 0 Å². The lowest BCUT2D eigenvalue weighted by molar-refractivity contribution is 0.696. The van der Waals surface area contributed by atoms with Crippen LogP contribution < -0.4 is 0 Å². The second kappa shape index (κ2) is 4.73. The molecule has 0 aliphatic heterocycles. The first kappa shape index (κ1) is 12.2. The van der Waals surface area contributed by atoms with Gasteiger partial charge in [0.05, 0.1) is 11.4 Å². The van der Waals surface area contributed by atoms with Crippen LogP contribution in [0.15, 0.2) is 6.33 Å². The summed E-state index contributed by atoms with van der Waals surface area (Å²) in [7, 11) is 0. The zero-order chi connectivity index (χ0) is 11.6. The monoisotopic (exact) mass is 206 g/mol. The molecule has 0 radical (unpaired) electrons.